The van der Waals surface area contributed by atoms with Gasteiger partial charge in [-0.1, -0.05) is 101 Å². The van der Waals surface area contributed by atoms with E-state index in [0.29, 0.717) is 18.6 Å². The summed E-state index contributed by atoms with van der Waals surface area (Å²) >= 11 is 0. The van der Waals surface area contributed by atoms with Crippen molar-refractivity contribution in [2.24, 2.45) is 5.41 Å². The zero-order valence-electron chi connectivity index (χ0n) is 27.8. The Morgan fingerprint density at radius 3 is 2.17 bits per heavy atom. The molecule has 0 saturated carbocycles. The lowest BCUT2D eigenvalue weighted by molar-refractivity contribution is -0.0617. The van der Waals surface area contributed by atoms with Gasteiger partial charge in [-0.15, -0.1) is 0 Å². The molecule has 0 aliphatic rings. The maximum absolute atomic E-state index is 12.9. The van der Waals surface area contributed by atoms with Gasteiger partial charge in [-0.3, -0.25) is 4.79 Å². The molecule has 10 heteroatoms. The highest BCUT2D eigenvalue weighted by Gasteiger charge is 2.42. The lowest BCUT2D eigenvalue weighted by atomic mass is 9.72. The molecule has 0 spiro atoms. The Bertz CT molecular complexity index is 1550. The second-order valence-electron chi connectivity index (χ2n) is 12.7. The lowest BCUT2D eigenvalue weighted by Gasteiger charge is -2.40. The quantitative estimate of drug-likeness (QED) is 0.158. The van der Waals surface area contributed by atoms with Crippen molar-refractivity contribution < 1.29 is 32.6 Å². The average molecular weight is 653 g/mol. The van der Waals surface area contributed by atoms with Crippen molar-refractivity contribution in [1.29, 1.82) is 0 Å². The molecule has 3 aromatic carbocycles. The Hall–Kier alpha value is -3.89. The van der Waals surface area contributed by atoms with Crippen LogP contribution in [0.3, 0.4) is 0 Å². The van der Waals surface area contributed by atoms with Crippen LogP contribution in [0.1, 0.15) is 82.3 Å². The number of aliphatic hydroxyl groups is 1. The van der Waals surface area contributed by atoms with E-state index in [9.17, 15) is 23.1 Å². The predicted octanol–water partition coefficient (Wildman–Crippen LogP) is 6.59. The minimum atomic E-state index is -3.76. The summed E-state index contributed by atoms with van der Waals surface area (Å²) in [7, 11) is -3.76. The van der Waals surface area contributed by atoms with Crippen molar-refractivity contribution in [3.8, 4) is 16.9 Å². The molecule has 2 amide bonds. The van der Waals surface area contributed by atoms with Crippen LogP contribution in [0, 0.1) is 5.41 Å². The number of benzene rings is 3. The molecule has 0 fully saturated rings. The summed E-state index contributed by atoms with van der Waals surface area (Å²) in [5, 5.41) is 14.2. The lowest BCUT2D eigenvalue weighted by Crippen LogP contribution is -2.49. The SMILES string of the molecule is CCCCCS(=O)(=O)NC(=O)c1ccc(-c2ccc(CCOC(=O)NC[C@](O)(c3ccccc3)C(C)(C)C)cc2)cc1OC(C)C. The minimum Gasteiger partial charge on any atom is -0.490 e. The average Bonchev–Trinajstić information content (AvgIpc) is 2.99. The number of hydrogen-bond acceptors (Lipinski definition) is 7. The fourth-order valence-electron chi connectivity index (χ4n) is 4.92. The summed E-state index contributed by atoms with van der Waals surface area (Å²) in [6, 6.07) is 22.0. The molecular weight excluding hydrogens is 604 g/mol. The molecule has 250 valence electrons. The molecule has 9 nitrogen and oxygen atoms in total. The second kappa shape index (κ2) is 16.1. The molecule has 0 saturated heterocycles. The van der Waals surface area contributed by atoms with Gasteiger partial charge in [0, 0.05) is 6.42 Å². The van der Waals surface area contributed by atoms with Crippen LogP contribution in [0.4, 0.5) is 4.79 Å². The molecule has 0 aliphatic carbocycles. The van der Waals surface area contributed by atoms with Crippen molar-refractivity contribution >= 4 is 22.0 Å². The molecule has 0 radical (unpaired) electrons. The van der Waals surface area contributed by atoms with Gasteiger partial charge in [-0.2, -0.15) is 0 Å². The van der Waals surface area contributed by atoms with Crippen molar-refractivity contribution in [1.82, 2.24) is 10.0 Å². The Kier molecular flexibility index (Phi) is 12.8. The fraction of sp³-hybridized carbons (Fsp3) is 0.444. The van der Waals surface area contributed by atoms with Gasteiger partial charge in [0.1, 0.15) is 11.4 Å². The smallest absolute Gasteiger partial charge is 0.407 e. The Morgan fingerprint density at radius 2 is 1.57 bits per heavy atom. The molecule has 46 heavy (non-hydrogen) atoms. The third-order valence-electron chi connectivity index (χ3n) is 7.75. The summed E-state index contributed by atoms with van der Waals surface area (Å²) in [6.07, 6.45) is 1.78. The molecule has 3 N–H and O–H groups in total. The Labute approximate surface area is 273 Å². The maximum Gasteiger partial charge on any atom is 0.407 e. The normalized spacial score (nSPS) is 13.1. The number of ether oxygens (including phenoxy) is 2. The second-order valence-corrected chi connectivity index (χ2v) is 14.6. The first kappa shape index (κ1) is 36.6. The van der Waals surface area contributed by atoms with Gasteiger partial charge in [0.2, 0.25) is 10.0 Å². The third-order valence-corrected chi connectivity index (χ3v) is 9.07. The van der Waals surface area contributed by atoms with Gasteiger partial charge in [0.25, 0.3) is 5.91 Å². The third kappa shape index (κ3) is 10.3. The maximum atomic E-state index is 12.9. The zero-order valence-corrected chi connectivity index (χ0v) is 28.6. The number of carbonyl (C=O) groups excluding carboxylic acids is 2. The van der Waals surface area contributed by atoms with Gasteiger partial charge in [0.15, 0.2) is 0 Å². The Morgan fingerprint density at radius 1 is 0.913 bits per heavy atom. The van der Waals surface area contributed by atoms with E-state index in [1.54, 1.807) is 18.2 Å². The largest absolute Gasteiger partial charge is 0.490 e. The number of hydrogen-bond donors (Lipinski definition) is 3. The van der Waals surface area contributed by atoms with E-state index in [1.807, 2.05) is 96.1 Å². The number of nitrogens with one attached hydrogen (secondary N) is 2. The number of unbranched alkanes of at least 4 members (excludes halogenated alkanes) is 2. The van der Waals surface area contributed by atoms with Gasteiger partial charge in [-0.05, 0) is 60.1 Å². The number of sulfonamides is 1. The zero-order chi connectivity index (χ0) is 34.0. The van der Waals surface area contributed by atoms with Crippen molar-refractivity contribution in [2.45, 2.75) is 78.9 Å². The van der Waals surface area contributed by atoms with E-state index < -0.39 is 33.0 Å². The van der Waals surface area contributed by atoms with Crippen LogP contribution < -0.4 is 14.8 Å². The molecule has 0 aromatic heterocycles. The molecular formula is C36H48N2O7S. The van der Waals surface area contributed by atoms with Crippen LogP contribution in [0.2, 0.25) is 0 Å². The van der Waals surface area contributed by atoms with Gasteiger partial charge < -0.3 is 19.9 Å². The highest BCUT2D eigenvalue weighted by Crippen LogP contribution is 2.38. The minimum absolute atomic E-state index is 0.00573. The van der Waals surface area contributed by atoms with Crippen molar-refractivity contribution in [3.63, 3.8) is 0 Å². The van der Waals surface area contributed by atoms with E-state index in [0.717, 1.165) is 35.1 Å². The number of alkyl carbamates (subject to hydrolysis) is 1. The summed E-state index contributed by atoms with van der Waals surface area (Å²) in [4.78, 5) is 25.4. The molecule has 1 atom stereocenters. The van der Waals surface area contributed by atoms with Crippen LogP contribution in [0.25, 0.3) is 11.1 Å². The van der Waals surface area contributed by atoms with Gasteiger partial charge >= 0.3 is 6.09 Å². The highest BCUT2D eigenvalue weighted by atomic mass is 32.2. The van der Waals surface area contributed by atoms with Crippen LogP contribution in [0.15, 0.2) is 72.8 Å². The molecule has 3 aromatic rings. The molecule has 0 unspecified atom stereocenters. The standard InChI is InChI=1S/C36H48N2O7S/c1-7-8-12-23-46(42,43)38-33(39)31-20-19-29(24-32(31)45-26(2)3)28-17-15-27(16-18-28)21-22-44-34(40)37-25-36(41,35(4,5)6)30-13-10-9-11-14-30/h9-11,13-20,24,26,41H,7-8,12,21-23,25H2,1-6H3,(H,37,40)(H,38,39)/t36-/m0/s1. The van der Waals surface area contributed by atoms with Gasteiger partial charge in [0.05, 0.1) is 30.6 Å². The van der Waals surface area contributed by atoms with E-state index >= 15 is 0 Å². The van der Waals surface area contributed by atoms with Crippen LogP contribution >= 0.6 is 0 Å². The predicted molar refractivity (Wildman–Crippen MR) is 181 cm³/mol. The van der Waals surface area contributed by atoms with Crippen LogP contribution in [-0.2, 0) is 26.8 Å². The number of rotatable bonds is 15. The number of carbonyl (C=O) groups is 2. The molecule has 3 rings (SSSR count). The summed E-state index contributed by atoms with van der Waals surface area (Å²) in [6.45, 7) is 11.6. The van der Waals surface area contributed by atoms with E-state index in [1.165, 1.54) is 0 Å². The van der Waals surface area contributed by atoms with E-state index in [-0.39, 0.29) is 30.6 Å². The fourth-order valence-corrected chi connectivity index (χ4v) is 6.00. The summed E-state index contributed by atoms with van der Waals surface area (Å²) in [5.74, 6) is -0.536. The summed E-state index contributed by atoms with van der Waals surface area (Å²) < 4.78 is 38.3. The first-order chi connectivity index (χ1) is 21.6. The van der Waals surface area contributed by atoms with Crippen LogP contribution in [0.5, 0.6) is 5.75 Å². The van der Waals surface area contributed by atoms with E-state index in [2.05, 4.69) is 10.0 Å². The topological polar surface area (TPSA) is 131 Å². The Balaban J connectivity index is 1.61. The number of amides is 2. The van der Waals surface area contributed by atoms with Crippen LogP contribution in [-0.4, -0.2) is 50.5 Å². The first-order valence-corrected chi connectivity index (χ1v) is 17.4. The summed E-state index contributed by atoms with van der Waals surface area (Å²) in [5.41, 5.74) is 1.67. The van der Waals surface area contributed by atoms with Crippen molar-refractivity contribution in [2.75, 3.05) is 18.9 Å². The first-order valence-electron chi connectivity index (χ1n) is 15.8. The highest BCUT2D eigenvalue weighted by molar-refractivity contribution is 7.90. The monoisotopic (exact) mass is 652 g/mol. The molecule has 0 bridgehead atoms. The molecule has 0 heterocycles. The van der Waals surface area contributed by atoms with Crippen molar-refractivity contribution in [3.05, 3.63) is 89.5 Å². The molecule has 0 aliphatic heterocycles. The van der Waals surface area contributed by atoms with Gasteiger partial charge in [-0.25, -0.2) is 17.9 Å². The van der Waals surface area contributed by atoms with E-state index in [4.69, 9.17) is 9.47 Å².